The van der Waals surface area contributed by atoms with E-state index in [2.05, 4.69) is 15.4 Å². The molecule has 0 amide bonds. The van der Waals surface area contributed by atoms with Crippen molar-refractivity contribution in [2.75, 3.05) is 5.32 Å². The van der Waals surface area contributed by atoms with Gasteiger partial charge in [-0.05, 0) is 56.5 Å². The minimum absolute atomic E-state index is 0.150. The molecule has 0 spiro atoms. The summed E-state index contributed by atoms with van der Waals surface area (Å²) in [7, 11) is 0. The van der Waals surface area contributed by atoms with E-state index < -0.39 is 6.23 Å². The molecular formula is C19H22N4O2. The Kier molecular flexibility index (Phi) is 4.05. The van der Waals surface area contributed by atoms with Gasteiger partial charge in [-0.1, -0.05) is 12.1 Å². The third-order valence-electron chi connectivity index (χ3n) is 4.24. The fourth-order valence-electron chi connectivity index (χ4n) is 2.84. The van der Waals surface area contributed by atoms with Crippen molar-refractivity contribution in [3.8, 4) is 16.9 Å². The van der Waals surface area contributed by atoms with Crippen LogP contribution in [0.3, 0.4) is 0 Å². The SMILES string of the molecule is CC(C)Oc1ccc(-c2cccn3nc(NC(O)C4CC4)nc23)cc1. The first-order valence-electron chi connectivity index (χ1n) is 8.67. The van der Waals surface area contributed by atoms with E-state index in [0.29, 0.717) is 11.9 Å². The van der Waals surface area contributed by atoms with Crippen LogP contribution in [0.2, 0.25) is 0 Å². The van der Waals surface area contributed by atoms with Crippen molar-refractivity contribution in [1.29, 1.82) is 0 Å². The maximum absolute atomic E-state index is 10.0. The molecule has 130 valence electrons. The van der Waals surface area contributed by atoms with E-state index >= 15 is 0 Å². The molecule has 2 heterocycles. The molecule has 0 aliphatic heterocycles. The molecule has 1 aromatic carbocycles. The van der Waals surface area contributed by atoms with Crippen LogP contribution in [0.15, 0.2) is 42.6 Å². The monoisotopic (exact) mass is 338 g/mol. The molecule has 1 fully saturated rings. The van der Waals surface area contributed by atoms with Gasteiger partial charge in [0.25, 0.3) is 0 Å². The highest BCUT2D eigenvalue weighted by molar-refractivity contribution is 5.78. The zero-order chi connectivity index (χ0) is 17.4. The Bertz CT molecular complexity index is 869. The van der Waals surface area contributed by atoms with Gasteiger partial charge in [0.2, 0.25) is 5.95 Å². The second-order valence-corrected chi connectivity index (χ2v) is 6.74. The van der Waals surface area contributed by atoms with Crippen LogP contribution in [-0.2, 0) is 0 Å². The Balaban J connectivity index is 1.63. The first-order valence-corrected chi connectivity index (χ1v) is 8.67. The van der Waals surface area contributed by atoms with Crippen LogP contribution in [0.4, 0.5) is 5.95 Å². The number of fused-ring (bicyclic) bond motifs is 1. The Morgan fingerprint density at radius 2 is 1.96 bits per heavy atom. The summed E-state index contributed by atoms with van der Waals surface area (Å²) in [6.07, 6.45) is 3.54. The van der Waals surface area contributed by atoms with Crippen molar-refractivity contribution >= 4 is 11.6 Å². The summed E-state index contributed by atoms with van der Waals surface area (Å²) in [4.78, 5) is 4.56. The molecular weight excluding hydrogens is 316 g/mol. The van der Waals surface area contributed by atoms with Gasteiger partial charge in [-0.2, -0.15) is 4.98 Å². The summed E-state index contributed by atoms with van der Waals surface area (Å²) in [5.74, 6) is 1.62. The highest BCUT2D eigenvalue weighted by Crippen LogP contribution is 2.33. The van der Waals surface area contributed by atoms with Gasteiger partial charge < -0.3 is 15.2 Å². The summed E-state index contributed by atoms with van der Waals surface area (Å²) >= 11 is 0. The van der Waals surface area contributed by atoms with Crippen molar-refractivity contribution in [3.63, 3.8) is 0 Å². The lowest BCUT2D eigenvalue weighted by Crippen LogP contribution is -2.21. The maximum atomic E-state index is 10.0. The van der Waals surface area contributed by atoms with Gasteiger partial charge >= 0.3 is 0 Å². The standard InChI is InChI=1S/C19H22N4O2/c1-12(2)25-15-9-7-13(8-10-15)16-4-3-11-23-17(16)20-19(22-23)21-18(24)14-5-6-14/h3-4,7-12,14,18,24H,5-6H2,1-2H3,(H,21,22). The minimum Gasteiger partial charge on any atom is -0.491 e. The Hall–Kier alpha value is -2.60. The molecule has 1 aliphatic rings. The highest BCUT2D eigenvalue weighted by atomic mass is 16.5. The van der Waals surface area contributed by atoms with Gasteiger partial charge in [-0.15, -0.1) is 5.10 Å². The van der Waals surface area contributed by atoms with Gasteiger partial charge in [0.05, 0.1) is 6.10 Å². The molecule has 0 bridgehead atoms. The van der Waals surface area contributed by atoms with Crippen LogP contribution >= 0.6 is 0 Å². The van der Waals surface area contributed by atoms with E-state index in [4.69, 9.17) is 4.74 Å². The predicted octanol–water partition coefficient (Wildman–Crippen LogP) is 3.32. The largest absolute Gasteiger partial charge is 0.491 e. The topological polar surface area (TPSA) is 71.7 Å². The van der Waals surface area contributed by atoms with Crippen LogP contribution in [-0.4, -0.2) is 32.0 Å². The molecule has 1 atom stereocenters. The molecule has 0 saturated heterocycles. The number of aromatic nitrogens is 3. The number of hydrogen-bond acceptors (Lipinski definition) is 5. The number of aliphatic hydroxyl groups excluding tert-OH is 1. The maximum Gasteiger partial charge on any atom is 0.245 e. The normalized spacial score (nSPS) is 15.5. The molecule has 0 radical (unpaired) electrons. The van der Waals surface area contributed by atoms with Crippen LogP contribution in [0.25, 0.3) is 16.8 Å². The second kappa shape index (κ2) is 6.37. The molecule has 3 aromatic rings. The fourth-order valence-corrected chi connectivity index (χ4v) is 2.84. The highest BCUT2D eigenvalue weighted by Gasteiger charge is 2.30. The van der Waals surface area contributed by atoms with Crippen LogP contribution in [0.5, 0.6) is 5.75 Å². The number of pyridine rings is 1. The number of benzene rings is 1. The van der Waals surface area contributed by atoms with Crippen LogP contribution < -0.4 is 10.1 Å². The van der Waals surface area contributed by atoms with Gasteiger partial charge in [0.15, 0.2) is 5.65 Å². The first-order chi connectivity index (χ1) is 12.1. The quantitative estimate of drug-likeness (QED) is 0.675. The van der Waals surface area contributed by atoms with E-state index in [1.54, 1.807) is 4.52 Å². The average Bonchev–Trinajstić information content (AvgIpc) is 3.35. The lowest BCUT2D eigenvalue weighted by molar-refractivity contribution is 0.179. The van der Waals surface area contributed by atoms with E-state index in [0.717, 1.165) is 35.4 Å². The number of nitrogens with one attached hydrogen (secondary N) is 1. The molecule has 4 rings (SSSR count). The number of rotatable bonds is 6. The van der Waals surface area contributed by atoms with Crippen LogP contribution in [0, 0.1) is 5.92 Å². The summed E-state index contributed by atoms with van der Waals surface area (Å²) < 4.78 is 7.43. The van der Waals surface area contributed by atoms with E-state index in [-0.39, 0.29) is 6.10 Å². The van der Waals surface area contributed by atoms with Crippen molar-refractivity contribution in [2.24, 2.45) is 5.92 Å². The third-order valence-corrected chi connectivity index (χ3v) is 4.24. The number of hydrogen-bond donors (Lipinski definition) is 2. The lowest BCUT2D eigenvalue weighted by atomic mass is 10.1. The Morgan fingerprint density at radius 3 is 2.64 bits per heavy atom. The fraction of sp³-hybridized carbons (Fsp3) is 0.368. The molecule has 2 aromatic heterocycles. The van der Waals surface area contributed by atoms with Crippen molar-refractivity contribution in [1.82, 2.24) is 14.6 Å². The summed E-state index contributed by atoms with van der Waals surface area (Å²) in [5.41, 5.74) is 2.79. The molecule has 6 nitrogen and oxygen atoms in total. The molecule has 6 heteroatoms. The van der Waals surface area contributed by atoms with Gasteiger partial charge in [-0.3, -0.25) is 0 Å². The smallest absolute Gasteiger partial charge is 0.245 e. The Morgan fingerprint density at radius 1 is 1.20 bits per heavy atom. The minimum atomic E-state index is -0.576. The van der Waals surface area contributed by atoms with Gasteiger partial charge in [-0.25, -0.2) is 4.52 Å². The number of nitrogens with zero attached hydrogens (tertiary/aromatic N) is 3. The molecule has 1 saturated carbocycles. The first kappa shape index (κ1) is 15.9. The number of ether oxygens (including phenoxy) is 1. The van der Waals surface area contributed by atoms with Crippen molar-refractivity contribution in [3.05, 3.63) is 42.6 Å². The van der Waals surface area contributed by atoms with Crippen molar-refractivity contribution in [2.45, 2.75) is 39.0 Å². The van der Waals surface area contributed by atoms with Crippen molar-refractivity contribution < 1.29 is 9.84 Å². The predicted molar refractivity (Wildman–Crippen MR) is 96.5 cm³/mol. The molecule has 1 unspecified atom stereocenters. The zero-order valence-corrected chi connectivity index (χ0v) is 14.4. The average molecular weight is 338 g/mol. The summed E-state index contributed by atoms with van der Waals surface area (Å²) in [6, 6.07) is 11.9. The van der Waals surface area contributed by atoms with Crippen LogP contribution in [0.1, 0.15) is 26.7 Å². The lowest BCUT2D eigenvalue weighted by Gasteiger charge is -2.10. The van der Waals surface area contributed by atoms with E-state index in [1.807, 2.05) is 56.4 Å². The molecule has 2 N–H and O–H groups in total. The Labute approximate surface area is 146 Å². The third kappa shape index (κ3) is 3.44. The summed E-state index contributed by atoms with van der Waals surface area (Å²) in [5, 5.41) is 17.5. The second-order valence-electron chi connectivity index (χ2n) is 6.74. The number of aliphatic hydroxyl groups is 1. The molecule has 1 aliphatic carbocycles. The van der Waals surface area contributed by atoms with Gasteiger partial charge in [0.1, 0.15) is 12.0 Å². The molecule has 25 heavy (non-hydrogen) atoms. The number of anilines is 1. The van der Waals surface area contributed by atoms with E-state index in [9.17, 15) is 5.11 Å². The van der Waals surface area contributed by atoms with E-state index in [1.165, 1.54) is 0 Å². The van der Waals surface area contributed by atoms with Gasteiger partial charge in [0, 0.05) is 17.7 Å². The zero-order valence-electron chi connectivity index (χ0n) is 14.4. The summed E-state index contributed by atoms with van der Waals surface area (Å²) in [6.45, 7) is 4.02.